The Morgan fingerprint density at radius 3 is 2.69 bits per heavy atom. The molecule has 1 aliphatic rings. The van der Waals surface area contributed by atoms with Crippen LogP contribution in [0.15, 0.2) is 53.0 Å². The van der Waals surface area contributed by atoms with Gasteiger partial charge in [0.2, 0.25) is 11.8 Å². The number of amides is 2. The summed E-state index contributed by atoms with van der Waals surface area (Å²) in [6.45, 7) is 2.86. The molecule has 3 rings (SSSR count). The number of ether oxygens (including phenoxy) is 1. The van der Waals surface area contributed by atoms with Crippen LogP contribution in [0.5, 0.6) is 5.75 Å². The number of anilines is 1. The number of nitrogens with zero attached hydrogens (tertiary/aromatic N) is 1. The Hall–Kier alpha value is -2.34. The fourth-order valence-corrected chi connectivity index (χ4v) is 3.33. The molecule has 2 aromatic rings. The molecule has 0 saturated carbocycles. The van der Waals surface area contributed by atoms with Gasteiger partial charge >= 0.3 is 0 Å². The van der Waals surface area contributed by atoms with Crippen molar-refractivity contribution in [1.82, 2.24) is 5.32 Å². The van der Waals surface area contributed by atoms with E-state index in [9.17, 15) is 9.59 Å². The van der Waals surface area contributed by atoms with E-state index in [0.29, 0.717) is 18.8 Å². The molecule has 0 spiro atoms. The summed E-state index contributed by atoms with van der Waals surface area (Å²) < 4.78 is 6.71. The molecule has 1 heterocycles. The van der Waals surface area contributed by atoms with E-state index >= 15 is 0 Å². The van der Waals surface area contributed by atoms with Crippen molar-refractivity contribution < 1.29 is 14.3 Å². The molecule has 0 radical (unpaired) electrons. The Labute approximate surface area is 161 Å². The number of nitrogens with one attached hydrogen (secondary N) is 1. The smallest absolute Gasteiger partial charge is 0.227 e. The molecule has 0 bridgehead atoms. The van der Waals surface area contributed by atoms with Crippen molar-refractivity contribution in [3.63, 3.8) is 0 Å². The molecule has 1 atom stereocenters. The maximum Gasteiger partial charge on any atom is 0.227 e. The van der Waals surface area contributed by atoms with Gasteiger partial charge < -0.3 is 15.0 Å². The summed E-state index contributed by atoms with van der Waals surface area (Å²) in [5.74, 6) is 0.505. The van der Waals surface area contributed by atoms with Gasteiger partial charge in [0.15, 0.2) is 0 Å². The minimum atomic E-state index is -0.135. The van der Waals surface area contributed by atoms with Crippen LogP contribution in [0.1, 0.15) is 25.3 Å². The quantitative estimate of drug-likeness (QED) is 0.808. The summed E-state index contributed by atoms with van der Waals surface area (Å²) in [6, 6.07) is 15.2. The number of carbonyl (C=O) groups is 2. The first-order valence-electron chi connectivity index (χ1n) is 8.61. The van der Waals surface area contributed by atoms with Gasteiger partial charge in [-0.3, -0.25) is 9.59 Å². The summed E-state index contributed by atoms with van der Waals surface area (Å²) in [7, 11) is 0. The van der Waals surface area contributed by atoms with E-state index in [2.05, 4.69) is 21.2 Å². The predicted octanol–water partition coefficient (Wildman–Crippen LogP) is 3.66. The average Bonchev–Trinajstić information content (AvgIpc) is 2.64. The molecule has 2 aromatic carbocycles. The van der Waals surface area contributed by atoms with Crippen molar-refractivity contribution in [2.75, 3.05) is 11.4 Å². The van der Waals surface area contributed by atoms with E-state index in [4.69, 9.17) is 4.74 Å². The Morgan fingerprint density at radius 2 is 1.88 bits per heavy atom. The lowest BCUT2D eigenvalue weighted by molar-refractivity contribution is -0.125. The highest BCUT2D eigenvalue weighted by molar-refractivity contribution is 9.10. The highest BCUT2D eigenvalue weighted by atomic mass is 79.9. The molecule has 26 heavy (non-hydrogen) atoms. The monoisotopic (exact) mass is 416 g/mol. The van der Waals surface area contributed by atoms with Crippen molar-refractivity contribution >= 4 is 33.4 Å². The van der Waals surface area contributed by atoms with Crippen molar-refractivity contribution in [2.24, 2.45) is 0 Å². The maximum atomic E-state index is 12.6. The molecule has 0 aromatic heterocycles. The van der Waals surface area contributed by atoms with Gasteiger partial charge in [0.25, 0.3) is 0 Å². The van der Waals surface area contributed by atoms with Crippen LogP contribution >= 0.6 is 15.9 Å². The molecule has 1 aliphatic heterocycles. The Kier molecular flexibility index (Phi) is 5.93. The molecule has 2 amide bonds. The minimum absolute atomic E-state index is 0.0661. The second-order valence-corrected chi connectivity index (χ2v) is 7.12. The van der Waals surface area contributed by atoms with Gasteiger partial charge in [0.05, 0.1) is 12.2 Å². The number of para-hydroxylation sites is 2. The summed E-state index contributed by atoms with van der Waals surface area (Å²) in [4.78, 5) is 26.4. The van der Waals surface area contributed by atoms with E-state index in [1.54, 1.807) is 4.90 Å². The second kappa shape index (κ2) is 8.36. The third-order valence-corrected chi connectivity index (χ3v) is 5.00. The molecule has 1 N–H and O–H groups in total. The highest BCUT2D eigenvalue weighted by Crippen LogP contribution is 2.33. The standard InChI is InChI=1S/C20H21BrN2O3/c1-14-13-23(17-8-4-5-9-18(17)26-14)20(25)11-10-19(24)22-12-15-6-2-3-7-16(15)21/h2-9,14H,10-13H2,1H3,(H,22,24). The zero-order valence-electron chi connectivity index (χ0n) is 14.6. The zero-order valence-corrected chi connectivity index (χ0v) is 16.2. The molecule has 1 unspecified atom stereocenters. The molecule has 0 saturated heterocycles. The van der Waals surface area contributed by atoms with Crippen LogP contribution in [-0.4, -0.2) is 24.5 Å². The zero-order chi connectivity index (χ0) is 18.5. The topological polar surface area (TPSA) is 58.6 Å². The van der Waals surface area contributed by atoms with Crippen LogP contribution in [0, 0.1) is 0 Å². The number of hydrogen-bond acceptors (Lipinski definition) is 3. The van der Waals surface area contributed by atoms with Crippen molar-refractivity contribution in [3.8, 4) is 5.75 Å². The fourth-order valence-electron chi connectivity index (χ4n) is 2.90. The van der Waals surface area contributed by atoms with E-state index in [0.717, 1.165) is 15.7 Å². The largest absolute Gasteiger partial charge is 0.487 e. The number of carbonyl (C=O) groups excluding carboxylic acids is 2. The van der Waals surface area contributed by atoms with Gasteiger partial charge in [-0.1, -0.05) is 46.3 Å². The lowest BCUT2D eigenvalue weighted by Crippen LogP contribution is -2.42. The molecular formula is C20H21BrN2O3. The first-order valence-corrected chi connectivity index (χ1v) is 9.40. The lowest BCUT2D eigenvalue weighted by atomic mass is 10.1. The van der Waals surface area contributed by atoms with Gasteiger partial charge in [-0.25, -0.2) is 0 Å². The first kappa shape index (κ1) is 18.5. The van der Waals surface area contributed by atoms with Crippen LogP contribution in [0.2, 0.25) is 0 Å². The Morgan fingerprint density at radius 1 is 1.15 bits per heavy atom. The summed E-state index contributed by atoms with van der Waals surface area (Å²) in [5, 5.41) is 2.86. The maximum absolute atomic E-state index is 12.6. The third-order valence-electron chi connectivity index (χ3n) is 4.22. The van der Waals surface area contributed by atoms with E-state index in [1.807, 2.05) is 55.5 Å². The van der Waals surface area contributed by atoms with Gasteiger partial charge in [-0.15, -0.1) is 0 Å². The van der Waals surface area contributed by atoms with Crippen molar-refractivity contribution in [2.45, 2.75) is 32.4 Å². The summed E-state index contributed by atoms with van der Waals surface area (Å²) >= 11 is 3.46. The second-order valence-electron chi connectivity index (χ2n) is 6.27. The van der Waals surface area contributed by atoms with E-state index in [1.165, 1.54) is 0 Å². The predicted molar refractivity (Wildman–Crippen MR) is 104 cm³/mol. The van der Waals surface area contributed by atoms with Crippen LogP contribution in [0.3, 0.4) is 0 Å². The normalized spacial score (nSPS) is 15.8. The van der Waals surface area contributed by atoms with Gasteiger partial charge in [0.1, 0.15) is 11.9 Å². The number of hydrogen-bond donors (Lipinski definition) is 1. The Bertz CT molecular complexity index is 809. The summed E-state index contributed by atoms with van der Waals surface area (Å²) in [5.41, 5.74) is 1.77. The number of rotatable bonds is 5. The van der Waals surface area contributed by atoms with Gasteiger partial charge in [0, 0.05) is 23.9 Å². The van der Waals surface area contributed by atoms with Crippen molar-refractivity contribution in [1.29, 1.82) is 0 Å². The van der Waals surface area contributed by atoms with Gasteiger partial charge in [-0.2, -0.15) is 0 Å². The molecule has 0 fully saturated rings. The molecule has 5 nitrogen and oxygen atoms in total. The van der Waals surface area contributed by atoms with Crippen LogP contribution in [0.4, 0.5) is 5.69 Å². The van der Waals surface area contributed by atoms with Crippen LogP contribution in [0.25, 0.3) is 0 Å². The van der Waals surface area contributed by atoms with Crippen LogP contribution < -0.4 is 15.0 Å². The molecular weight excluding hydrogens is 396 g/mol. The van der Waals surface area contributed by atoms with Crippen molar-refractivity contribution in [3.05, 3.63) is 58.6 Å². The molecule has 136 valence electrons. The Balaban J connectivity index is 1.54. The molecule has 6 heteroatoms. The highest BCUT2D eigenvalue weighted by Gasteiger charge is 2.27. The lowest BCUT2D eigenvalue weighted by Gasteiger charge is -2.33. The van der Waals surface area contributed by atoms with Gasteiger partial charge in [-0.05, 0) is 30.7 Å². The summed E-state index contributed by atoms with van der Waals surface area (Å²) in [6.07, 6.45) is 0.262. The fraction of sp³-hybridized carbons (Fsp3) is 0.300. The number of benzene rings is 2. The SMILES string of the molecule is CC1CN(C(=O)CCC(=O)NCc2ccccc2Br)c2ccccc2O1. The first-order chi connectivity index (χ1) is 12.5. The van der Waals surface area contributed by atoms with E-state index < -0.39 is 0 Å². The molecule has 0 aliphatic carbocycles. The van der Waals surface area contributed by atoms with E-state index in [-0.39, 0.29) is 30.8 Å². The number of fused-ring (bicyclic) bond motifs is 1. The van der Waals surface area contributed by atoms with Crippen LogP contribution in [-0.2, 0) is 16.1 Å². The third kappa shape index (κ3) is 4.43. The number of halogens is 1. The average molecular weight is 417 g/mol. The minimum Gasteiger partial charge on any atom is -0.487 e.